The quantitative estimate of drug-likeness (QED) is 0.126. The lowest BCUT2D eigenvalue weighted by Crippen LogP contribution is -2.26. The van der Waals surface area contributed by atoms with Crippen LogP contribution in [0.2, 0.25) is 0 Å². The number of rotatable bonds is 18. The molecule has 0 saturated carbocycles. The monoisotopic (exact) mass is 470 g/mol. The van der Waals surface area contributed by atoms with Gasteiger partial charge in [-0.25, -0.2) is 4.57 Å². The van der Waals surface area contributed by atoms with E-state index in [2.05, 4.69) is 19.7 Å². The van der Waals surface area contributed by atoms with E-state index in [0.29, 0.717) is 0 Å². The van der Waals surface area contributed by atoms with Crippen molar-refractivity contribution in [1.29, 1.82) is 0 Å². The van der Waals surface area contributed by atoms with E-state index in [9.17, 15) is 33.3 Å². The van der Waals surface area contributed by atoms with Gasteiger partial charge in [0.05, 0.1) is 19.8 Å². The van der Waals surface area contributed by atoms with Crippen LogP contribution < -0.4 is 0 Å². The zero-order valence-electron chi connectivity index (χ0n) is 18.2. The van der Waals surface area contributed by atoms with Crippen molar-refractivity contribution in [1.82, 2.24) is 0 Å². The van der Waals surface area contributed by atoms with Gasteiger partial charge in [0.1, 0.15) is 36.6 Å². The van der Waals surface area contributed by atoms with Crippen molar-refractivity contribution in [3.63, 3.8) is 0 Å². The summed E-state index contributed by atoms with van der Waals surface area (Å²) in [5, 5.41) is 0. The van der Waals surface area contributed by atoms with Crippen molar-refractivity contribution in [2.75, 3.05) is 19.8 Å². The van der Waals surface area contributed by atoms with Gasteiger partial charge in [0.25, 0.3) is 0 Å². The van der Waals surface area contributed by atoms with Gasteiger partial charge in [-0.2, -0.15) is 0 Å². The number of carbonyl (C=O) groups excluding carboxylic acids is 6. The standard InChI is InChI=1S/C21H27O10P/c1-13(2)19(25)16(7-22)10-29-32(28,30-11-17(8-23)20(26)14(3)4)31-12-18(9-24)21(27)15(5)6/h7-9,16-18H,1,3,5,10-12H2,2,4,6H3. The SMILES string of the molecule is C=C(C)C(=O)C(C=O)COP(=O)(OCC(C=O)C(=O)C(=C)C)OCC(C=O)C(=O)C(=C)C. The first-order valence-corrected chi connectivity index (χ1v) is 10.8. The molecule has 0 spiro atoms. The van der Waals surface area contributed by atoms with Crippen LogP contribution in [0.5, 0.6) is 0 Å². The number of hydrogen-bond donors (Lipinski definition) is 0. The molecule has 0 aromatic carbocycles. The van der Waals surface area contributed by atoms with Crippen LogP contribution in [-0.2, 0) is 46.9 Å². The molecule has 0 aliphatic heterocycles. The summed E-state index contributed by atoms with van der Waals surface area (Å²) < 4.78 is 28.2. The third-order valence-corrected chi connectivity index (χ3v) is 5.40. The molecule has 0 amide bonds. The number of Topliss-reactive ketones (excluding diaryl/α,β-unsaturated/α-hetero) is 3. The summed E-state index contributed by atoms with van der Waals surface area (Å²) in [4.78, 5) is 69.5. The predicted octanol–water partition coefficient (Wildman–Crippen LogP) is 2.03. The molecule has 0 aromatic rings. The molecule has 0 aliphatic carbocycles. The van der Waals surface area contributed by atoms with Crippen molar-refractivity contribution in [2.45, 2.75) is 20.8 Å². The molecule has 0 saturated heterocycles. The van der Waals surface area contributed by atoms with Crippen LogP contribution in [0.25, 0.3) is 0 Å². The van der Waals surface area contributed by atoms with Crippen LogP contribution in [0.4, 0.5) is 0 Å². The minimum absolute atomic E-state index is 0.0449. The van der Waals surface area contributed by atoms with Crippen LogP contribution in [-0.4, -0.2) is 56.0 Å². The fourth-order valence-electron chi connectivity index (χ4n) is 2.11. The molecule has 0 heterocycles. The van der Waals surface area contributed by atoms with Gasteiger partial charge in [0, 0.05) is 0 Å². The summed E-state index contributed by atoms with van der Waals surface area (Å²) in [5.74, 6) is -6.20. The Bertz CT molecular complexity index is 747. The molecule has 0 radical (unpaired) electrons. The van der Waals surface area contributed by atoms with E-state index in [4.69, 9.17) is 13.6 Å². The van der Waals surface area contributed by atoms with Crippen molar-refractivity contribution < 1.29 is 46.9 Å². The van der Waals surface area contributed by atoms with Crippen LogP contribution in [0.3, 0.4) is 0 Å². The first kappa shape index (κ1) is 29.4. The lowest BCUT2D eigenvalue weighted by Gasteiger charge is -2.22. The predicted molar refractivity (Wildman–Crippen MR) is 114 cm³/mol. The summed E-state index contributed by atoms with van der Waals surface area (Å²) >= 11 is 0. The zero-order valence-corrected chi connectivity index (χ0v) is 19.1. The van der Waals surface area contributed by atoms with Gasteiger partial charge in [-0.15, -0.1) is 0 Å². The van der Waals surface area contributed by atoms with E-state index in [1.54, 1.807) is 0 Å². The number of phosphoric ester groups is 1. The minimum Gasteiger partial charge on any atom is -0.302 e. The number of aldehydes is 3. The van der Waals surface area contributed by atoms with Crippen LogP contribution in [0.15, 0.2) is 36.5 Å². The van der Waals surface area contributed by atoms with E-state index in [0.717, 1.165) is 0 Å². The van der Waals surface area contributed by atoms with Crippen molar-refractivity contribution in [2.24, 2.45) is 17.8 Å². The molecule has 176 valence electrons. The number of ketones is 3. The first-order chi connectivity index (χ1) is 14.8. The zero-order chi connectivity index (χ0) is 25.1. The molecule has 0 N–H and O–H groups in total. The van der Waals surface area contributed by atoms with Gasteiger partial charge in [0.15, 0.2) is 17.3 Å². The molecule has 0 bridgehead atoms. The molecule has 0 aliphatic rings. The normalized spacial score (nSPS) is 15.3. The first-order valence-electron chi connectivity index (χ1n) is 9.32. The van der Waals surface area contributed by atoms with Gasteiger partial charge in [-0.3, -0.25) is 28.0 Å². The fourth-order valence-corrected chi connectivity index (χ4v) is 3.36. The molecule has 0 rings (SSSR count). The van der Waals surface area contributed by atoms with E-state index in [1.165, 1.54) is 20.8 Å². The van der Waals surface area contributed by atoms with Crippen molar-refractivity contribution >= 4 is 44.0 Å². The van der Waals surface area contributed by atoms with Crippen molar-refractivity contribution in [3.05, 3.63) is 36.5 Å². The van der Waals surface area contributed by atoms with Crippen LogP contribution in [0.1, 0.15) is 20.8 Å². The van der Waals surface area contributed by atoms with E-state index in [1.807, 2.05) is 0 Å². The Morgan fingerprint density at radius 2 is 0.875 bits per heavy atom. The van der Waals surface area contributed by atoms with Gasteiger partial charge in [0.2, 0.25) is 0 Å². The highest BCUT2D eigenvalue weighted by Gasteiger charge is 2.34. The third-order valence-electron chi connectivity index (χ3n) is 4.00. The molecule has 11 heteroatoms. The summed E-state index contributed by atoms with van der Waals surface area (Å²) in [6, 6.07) is 0. The molecular weight excluding hydrogens is 443 g/mol. The maximum Gasteiger partial charge on any atom is 0.474 e. The minimum atomic E-state index is -4.65. The fraction of sp³-hybridized carbons (Fsp3) is 0.429. The highest BCUT2D eigenvalue weighted by atomic mass is 31.2. The average molecular weight is 470 g/mol. The second kappa shape index (κ2) is 13.7. The van der Waals surface area contributed by atoms with Crippen LogP contribution in [0, 0.1) is 17.8 Å². The highest BCUT2D eigenvalue weighted by molar-refractivity contribution is 7.48. The summed E-state index contributed by atoms with van der Waals surface area (Å²) in [7, 11) is -4.65. The Labute approximate surface area is 186 Å². The molecule has 3 unspecified atom stereocenters. The lowest BCUT2D eigenvalue weighted by atomic mass is 10.0. The number of hydrogen-bond acceptors (Lipinski definition) is 10. The maximum absolute atomic E-state index is 13.0. The Kier molecular flexibility index (Phi) is 12.6. The van der Waals surface area contributed by atoms with Crippen molar-refractivity contribution in [3.8, 4) is 0 Å². The Morgan fingerprint density at radius 1 is 0.656 bits per heavy atom. The van der Waals surface area contributed by atoms with Gasteiger partial charge in [-0.05, 0) is 37.5 Å². The average Bonchev–Trinajstić information content (AvgIpc) is 2.74. The summed E-state index contributed by atoms with van der Waals surface area (Å²) in [6.07, 6.45) is 0.747. The largest absolute Gasteiger partial charge is 0.474 e. The third kappa shape index (κ3) is 9.23. The number of allylic oxidation sites excluding steroid dienone is 3. The molecule has 0 fully saturated rings. The summed E-state index contributed by atoms with van der Waals surface area (Å²) in [5.41, 5.74) is 0.135. The smallest absolute Gasteiger partial charge is 0.302 e. The molecule has 32 heavy (non-hydrogen) atoms. The number of phosphoric acid groups is 1. The maximum atomic E-state index is 13.0. The van der Waals surface area contributed by atoms with Crippen LogP contribution >= 0.6 is 7.82 Å². The topological polar surface area (TPSA) is 147 Å². The second-order valence-electron chi connectivity index (χ2n) is 7.00. The van der Waals surface area contributed by atoms with Gasteiger partial charge < -0.3 is 14.4 Å². The molecule has 0 aromatic heterocycles. The van der Waals surface area contributed by atoms with E-state index in [-0.39, 0.29) is 35.6 Å². The van der Waals surface area contributed by atoms with Gasteiger partial charge >= 0.3 is 7.82 Å². The Morgan fingerprint density at radius 3 is 1.03 bits per heavy atom. The Hall–Kier alpha value is -2.65. The van der Waals surface area contributed by atoms with Gasteiger partial charge in [-0.1, -0.05) is 19.7 Å². The highest BCUT2D eigenvalue weighted by Crippen LogP contribution is 2.50. The number of carbonyl (C=O) groups is 6. The van der Waals surface area contributed by atoms with E-state index < -0.39 is 62.7 Å². The van der Waals surface area contributed by atoms with E-state index >= 15 is 0 Å². The summed E-state index contributed by atoms with van der Waals surface area (Å²) in [6.45, 7) is 12.1. The molecule has 3 atom stereocenters. The lowest BCUT2D eigenvalue weighted by molar-refractivity contribution is -0.126. The second-order valence-corrected chi connectivity index (χ2v) is 8.67. The molecular formula is C21H27O10P. The molecule has 10 nitrogen and oxygen atoms in total. The Balaban J connectivity index is 5.63.